The predicted molar refractivity (Wildman–Crippen MR) is 155 cm³/mol. The molecule has 0 fully saturated rings. The summed E-state index contributed by atoms with van der Waals surface area (Å²) >= 11 is 1.74. The Labute approximate surface area is 211 Å². The third-order valence-corrected chi connectivity index (χ3v) is 8.27. The van der Waals surface area contributed by atoms with Crippen molar-refractivity contribution < 1.29 is 4.42 Å². The summed E-state index contributed by atoms with van der Waals surface area (Å²) in [4.78, 5) is 0. The molecule has 168 valence electrons. The molecule has 0 bridgehead atoms. The summed E-state index contributed by atoms with van der Waals surface area (Å²) < 4.78 is 7.73. The lowest BCUT2D eigenvalue weighted by Gasteiger charge is -2.17. The van der Waals surface area contributed by atoms with Gasteiger partial charge < -0.3 is 4.42 Å². The van der Waals surface area contributed by atoms with E-state index in [0.717, 1.165) is 11.2 Å². The van der Waals surface area contributed by atoms with Gasteiger partial charge >= 0.3 is 0 Å². The van der Waals surface area contributed by atoms with Crippen LogP contribution in [0.3, 0.4) is 0 Å². The van der Waals surface area contributed by atoms with Crippen LogP contribution in [0.15, 0.2) is 125 Å². The molecule has 2 heteroatoms. The van der Waals surface area contributed by atoms with E-state index in [1.54, 1.807) is 11.3 Å². The van der Waals surface area contributed by atoms with Crippen LogP contribution >= 0.6 is 11.3 Å². The second-order valence-electron chi connectivity index (χ2n) is 9.30. The van der Waals surface area contributed by atoms with Crippen molar-refractivity contribution in [3.8, 4) is 22.3 Å². The van der Waals surface area contributed by atoms with E-state index in [1.165, 1.54) is 64.7 Å². The average molecular weight is 477 g/mol. The van der Waals surface area contributed by atoms with Gasteiger partial charge in [-0.1, -0.05) is 91.0 Å². The molecule has 2 aromatic heterocycles. The molecule has 0 unspecified atom stereocenters. The summed E-state index contributed by atoms with van der Waals surface area (Å²) in [7, 11) is 0. The second-order valence-corrected chi connectivity index (χ2v) is 10.2. The molecule has 0 amide bonds. The normalized spacial score (nSPS) is 11.9. The minimum absolute atomic E-state index is 0.934. The van der Waals surface area contributed by atoms with Crippen molar-refractivity contribution in [2.24, 2.45) is 0 Å². The van der Waals surface area contributed by atoms with E-state index in [1.807, 2.05) is 0 Å². The minimum atomic E-state index is 0.934. The maximum absolute atomic E-state index is 6.51. The van der Waals surface area contributed by atoms with E-state index in [9.17, 15) is 0 Å². The zero-order valence-corrected chi connectivity index (χ0v) is 20.2. The third kappa shape index (κ3) is 2.76. The van der Waals surface area contributed by atoms with Crippen LogP contribution in [0.2, 0.25) is 0 Å². The maximum Gasteiger partial charge on any atom is 0.153 e. The fraction of sp³-hybridized carbons (Fsp3) is 0. The van der Waals surface area contributed by atoms with Crippen LogP contribution in [-0.4, -0.2) is 0 Å². The number of rotatable bonds is 2. The van der Waals surface area contributed by atoms with E-state index >= 15 is 0 Å². The molecule has 0 saturated heterocycles. The molecule has 6 aromatic carbocycles. The van der Waals surface area contributed by atoms with Gasteiger partial charge in [0, 0.05) is 10.8 Å². The lowest BCUT2D eigenvalue weighted by molar-refractivity contribution is 0.673. The molecule has 8 aromatic rings. The first kappa shape index (κ1) is 19.9. The molecular formula is C34H20OS. The molecular weight excluding hydrogens is 456 g/mol. The zero-order chi connectivity index (χ0) is 23.6. The van der Waals surface area contributed by atoms with Gasteiger partial charge in [0.25, 0.3) is 0 Å². The highest BCUT2D eigenvalue weighted by Crippen LogP contribution is 2.45. The Balaban J connectivity index is 1.48. The Morgan fingerprint density at radius 1 is 0.472 bits per heavy atom. The van der Waals surface area contributed by atoms with Crippen molar-refractivity contribution in [1.82, 2.24) is 0 Å². The molecule has 8 rings (SSSR count). The summed E-state index contributed by atoms with van der Waals surface area (Å²) in [6, 6.07) is 41.6. The lowest BCUT2D eigenvalue weighted by atomic mass is 9.86. The van der Waals surface area contributed by atoms with E-state index in [-0.39, 0.29) is 0 Å². The lowest BCUT2D eigenvalue weighted by Crippen LogP contribution is -1.90. The molecule has 0 aliphatic rings. The van der Waals surface area contributed by atoms with Crippen molar-refractivity contribution in [3.63, 3.8) is 0 Å². The molecule has 0 atom stereocenters. The van der Waals surface area contributed by atoms with Crippen molar-refractivity contribution in [2.75, 3.05) is 0 Å². The highest BCUT2D eigenvalue weighted by atomic mass is 32.1. The maximum atomic E-state index is 6.51. The number of benzene rings is 6. The smallest absolute Gasteiger partial charge is 0.153 e. The van der Waals surface area contributed by atoms with Gasteiger partial charge in [-0.3, -0.25) is 0 Å². The highest BCUT2D eigenvalue weighted by molar-refractivity contribution is 7.18. The zero-order valence-electron chi connectivity index (χ0n) is 19.4. The van der Waals surface area contributed by atoms with Crippen molar-refractivity contribution in [2.45, 2.75) is 0 Å². The molecule has 0 saturated carbocycles. The number of hydrogen-bond acceptors (Lipinski definition) is 2. The molecule has 0 aliphatic carbocycles. The van der Waals surface area contributed by atoms with Crippen LogP contribution < -0.4 is 0 Å². The van der Waals surface area contributed by atoms with Crippen molar-refractivity contribution in [1.29, 1.82) is 0 Å². The third-order valence-electron chi connectivity index (χ3n) is 7.34. The van der Waals surface area contributed by atoms with Gasteiger partial charge in [0.15, 0.2) is 5.58 Å². The number of fused-ring (bicyclic) bond motifs is 7. The fourth-order valence-corrected chi connectivity index (χ4v) is 6.65. The van der Waals surface area contributed by atoms with Crippen LogP contribution in [0, 0.1) is 0 Å². The van der Waals surface area contributed by atoms with Gasteiger partial charge in [-0.25, -0.2) is 0 Å². The molecule has 2 heterocycles. The van der Waals surface area contributed by atoms with Crippen molar-refractivity contribution in [3.05, 3.63) is 121 Å². The fourth-order valence-electron chi connectivity index (χ4n) is 5.77. The summed E-state index contributed by atoms with van der Waals surface area (Å²) in [6.07, 6.45) is 0. The van der Waals surface area contributed by atoms with E-state index in [4.69, 9.17) is 4.42 Å². The Hall–Kier alpha value is -4.40. The van der Waals surface area contributed by atoms with Crippen LogP contribution in [0.25, 0.3) is 75.8 Å². The first-order valence-corrected chi connectivity index (χ1v) is 13.1. The standard InChI is InChI=1S/C34H20OS/c1-2-8-21(9-3-1)31-25-10-4-6-12-27(25)32(28-13-7-5-11-26(28)31)23-15-16-24-29-17-14-22-18-19-36-34(22)33(29)35-30(24)20-23/h1-20H. The quantitative estimate of drug-likeness (QED) is 0.226. The number of hydrogen-bond donors (Lipinski definition) is 0. The van der Waals surface area contributed by atoms with Crippen LogP contribution in [0.5, 0.6) is 0 Å². The monoisotopic (exact) mass is 476 g/mol. The highest BCUT2D eigenvalue weighted by Gasteiger charge is 2.18. The van der Waals surface area contributed by atoms with Gasteiger partial charge in [0.1, 0.15) is 5.58 Å². The summed E-state index contributed by atoms with van der Waals surface area (Å²) in [5, 5.41) is 10.8. The van der Waals surface area contributed by atoms with Gasteiger partial charge in [0.2, 0.25) is 0 Å². The van der Waals surface area contributed by atoms with Gasteiger partial charge in [-0.05, 0) is 78.8 Å². The van der Waals surface area contributed by atoms with E-state index < -0.39 is 0 Å². The topological polar surface area (TPSA) is 13.1 Å². The largest absolute Gasteiger partial charge is 0.455 e. The molecule has 0 spiro atoms. The minimum Gasteiger partial charge on any atom is -0.455 e. The Morgan fingerprint density at radius 3 is 1.78 bits per heavy atom. The molecule has 1 nitrogen and oxygen atoms in total. The summed E-state index contributed by atoms with van der Waals surface area (Å²) in [6.45, 7) is 0. The molecule has 0 N–H and O–H groups in total. The Morgan fingerprint density at radius 2 is 1.08 bits per heavy atom. The van der Waals surface area contributed by atoms with E-state index in [0.29, 0.717) is 0 Å². The van der Waals surface area contributed by atoms with Crippen molar-refractivity contribution >= 4 is 64.9 Å². The Bertz CT molecular complexity index is 2040. The van der Waals surface area contributed by atoms with Crippen LogP contribution in [0.4, 0.5) is 0 Å². The summed E-state index contributed by atoms with van der Waals surface area (Å²) in [5.74, 6) is 0. The van der Waals surface area contributed by atoms with Crippen LogP contribution in [0.1, 0.15) is 0 Å². The SMILES string of the molecule is c1ccc(-c2c3ccccc3c(-c3ccc4c(c3)oc3c4ccc4ccsc43)c3ccccc23)cc1. The van der Waals surface area contributed by atoms with Gasteiger partial charge in [-0.2, -0.15) is 0 Å². The first-order chi connectivity index (χ1) is 17.9. The second kappa shape index (κ2) is 7.55. The number of furan rings is 1. The average Bonchev–Trinajstić information content (AvgIpc) is 3.56. The Kier molecular flexibility index (Phi) is 4.16. The van der Waals surface area contributed by atoms with Gasteiger partial charge in [0.05, 0.1) is 4.70 Å². The van der Waals surface area contributed by atoms with Gasteiger partial charge in [-0.15, -0.1) is 11.3 Å². The molecule has 0 radical (unpaired) electrons. The molecule has 0 aliphatic heterocycles. The van der Waals surface area contributed by atoms with E-state index in [2.05, 4.69) is 121 Å². The molecule has 36 heavy (non-hydrogen) atoms. The predicted octanol–water partition coefficient (Wildman–Crippen LogP) is 10.4. The first-order valence-electron chi connectivity index (χ1n) is 12.2. The van der Waals surface area contributed by atoms with Crippen LogP contribution in [-0.2, 0) is 0 Å². The summed E-state index contributed by atoms with van der Waals surface area (Å²) in [5.41, 5.74) is 6.88. The number of thiophene rings is 1.